The van der Waals surface area contributed by atoms with Gasteiger partial charge in [-0.3, -0.25) is 0 Å². The second-order valence-electron chi connectivity index (χ2n) is 6.11. The molecule has 0 fully saturated rings. The van der Waals surface area contributed by atoms with E-state index in [-0.39, 0.29) is 0 Å². The molecular weight excluding hydrogens is 302 g/mol. The van der Waals surface area contributed by atoms with Crippen molar-refractivity contribution in [3.63, 3.8) is 0 Å². The van der Waals surface area contributed by atoms with Crippen molar-refractivity contribution in [1.82, 2.24) is 15.6 Å². The standard InChI is InChI=1S/C16H22ClN3O2/c1-16(2,3)22-15(21)19-7-6-18-9-11-10-20-14-8-12(17)4-5-13(11)14/h4-5,8,10,18,20H,6-7,9H2,1-3H3,(H,19,21). The maximum Gasteiger partial charge on any atom is 0.407 e. The summed E-state index contributed by atoms with van der Waals surface area (Å²) in [5.41, 5.74) is 1.73. The summed E-state index contributed by atoms with van der Waals surface area (Å²) in [6.45, 7) is 7.43. The molecule has 0 aliphatic rings. The van der Waals surface area contributed by atoms with Crippen molar-refractivity contribution in [2.45, 2.75) is 32.9 Å². The molecule has 0 saturated heterocycles. The summed E-state index contributed by atoms with van der Waals surface area (Å²) in [5.74, 6) is 0. The first-order valence-electron chi connectivity index (χ1n) is 7.28. The van der Waals surface area contributed by atoms with E-state index in [0.29, 0.717) is 13.1 Å². The van der Waals surface area contributed by atoms with Crippen LogP contribution < -0.4 is 10.6 Å². The predicted octanol–water partition coefficient (Wildman–Crippen LogP) is 3.44. The number of aromatic amines is 1. The molecule has 1 amide bonds. The Kier molecular flexibility index (Phi) is 5.32. The molecular formula is C16H22ClN3O2. The lowest BCUT2D eigenvalue weighted by Gasteiger charge is -2.19. The summed E-state index contributed by atoms with van der Waals surface area (Å²) in [5, 5.41) is 7.87. The molecule has 1 aromatic heterocycles. The van der Waals surface area contributed by atoms with Crippen molar-refractivity contribution in [3.05, 3.63) is 35.0 Å². The first-order valence-corrected chi connectivity index (χ1v) is 7.66. The SMILES string of the molecule is CC(C)(C)OC(=O)NCCNCc1c[nH]c2cc(Cl)ccc12. The van der Waals surface area contributed by atoms with Crippen LogP contribution in [0.5, 0.6) is 0 Å². The topological polar surface area (TPSA) is 66.2 Å². The summed E-state index contributed by atoms with van der Waals surface area (Å²) in [6.07, 6.45) is 1.57. The van der Waals surface area contributed by atoms with E-state index in [1.165, 1.54) is 5.56 Å². The number of carbonyl (C=O) groups is 1. The number of rotatable bonds is 5. The molecule has 0 saturated carbocycles. The number of H-pyrrole nitrogens is 1. The minimum atomic E-state index is -0.469. The van der Waals surface area contributed by atoms with Crippen LogP contribution >= 0.6 is 11.6 Å². The maximum absolute atomic E-state index is 11.5. The Labute approximate surface area is 135 Å². The number of hydrogen-bond donors (Lipinski definition) is 3. The molecule has 5 nitrogen and oxygen atoms in total. The van der Waals surface area contributed by atoms with E-state index >= 15 is 0 Å². The Morgan fingerprint density at radius 2 is 2.09 bits per heavy atom. The predicted molar refractivity (Wildman–Crippen MR) is 89.3 cm³/mol. The highest BCUT2D eigenvalue weighted by atomic mass is 35.5. The fourth-order valence-electron chi connectivity index (χ4n) is 2.09. The van der Waals surface area contributed by atoms with Crippen LogP contribution in [-0.2, 0) is 11.3 Å². The van der Waals surface area contributed by atoms with Crippen LogP contribution in [0.2, 0.25) is 5.02 Å². The van der Waals surface area contributed by atoms with Gasteiger partial charge in [0, 0.05) is 41.8 Å². The van der Waals surface area contributed by atoms with Gasteiger partial charge in [-0.15, -0.1) is 0 Å². The molecule has 0 bridgehead atoms. The largest absolute Gasteiger partial charge is 0.444 e. The highest BCUT2D eigenvalue weighted by Gasteiger charge is 2.15. The minimum absolute atomic E-state index is 0.393. The second kappa shape index (κ2) is 7.03. The molecule has 2 aromatic rings. The Hall–Kier alpha value is -1.72. The molecule has 0 unspecified atom stereocenters. The van der Waals surface area contributed by atoms with Gasteiger partial charge in [0.15, 0.2) is 0 Å². The van der Waals surface area contributed by atoms with Gasteiger partial charge in [0.1, 0.15) is 5.60 Å². The van der Waals surface area contributed by atoms with Crippen LogP contribution in [0.15, 0.2) is 24.4 Å². The van der Waals surface area contributed by atoms with Gasteiger partial charge in [0.05, 0.1) is 0 Å². The van der Waals surface area contributed by atoms with Crippen molar-refractivity contribution >= 4 is 28.6 Å². The molecule has 0 atom stereocenters. The Morgan fingerprint density at radius 1 is 1.32 bits per heavy atom. The van der Waals surface area contributed by atoms with Gasteiger partial charge in [0.2, 0.25) is 0 Å². The number of nitrogens with one attached hydrogen (secondary N) is 3. The van der Waals surface area contributed by atoms with Crippen molar-refractivity contribution in [2.24, 2.45) is 0 Å². The Morgan fingerprint density at radius 3 is 2.82 bits per heavy atom. The first kappa shape index (κ1) is 16.6. The summed E-state index contributed by atoms with van der Waals surface area (Å²) >= 11 is 5.96. The number of hydrogen-bond acceptors (Lipinski definition) is 3. The number of fused-ring (bicyclic) bond motifs is 1. The first-order chi connectivity index (χ1) is 10.3. The van der Waals surface area contributed by atoms with Crippen molar-refractivity contribution in [2.75, 3.05) is 13.1 Å². The zero-order valence-electron chi connectivity index (χ0n) is 13.1. The molecule has 0 spiro atoms. The van der Waals surface area contributed by atoms with Gasteiger partial charge >= 0.3 is 6.09 Å². The van der Waals surface area contributed by atoms with E-state index in [1.807, 2.05) is 45.2 Å². The summed E-state index contributed by atoms with van der Waals surface area (Å²) < 4.78 is 5.16. The number of amides is 1. The molecule has 3 N–H and O–H groups in total. The smallest absolute Gasteiger partial charge is 0.407 e. The fourth-order valence-corrected chi connectivity index (χ4v) is 2.27. The Balaban J connectivity index is 1.73. The number of benzene rings is 1. The molecule has 6 heteroatoms. The molecule has 120 valence electrons. The third-order valence-corrected chi connectivity index (χ3v) is 3.25. The number of aromatic nitrogens is 1. The van der Waals surface area contributed by atoms with Crippen molar-refractivity contribution < 1.29 is 9.53 Å². The minimum Gasteiger partial charge on any atom is -0.444 e. The van der Waals surface area contributed by atoms with Crippen LogP contribution in [0.4, 0.5) is 4.79 Å². The molecule has 2 rings (SSSR count). The second-order valence-corrected chi connectivity index (χ2v) is 6.55. The molecule has 0 aliphatic carbocycles. The lowest BCUT2D eigenvalue weighted by atomic mass is 10.2. The maximum atomic E-state index is 11.5. The molecule has 1 heterocycles. The van der Waals surface area contributed by atoms with E-state index in [4.69, 9.17) is 16.3 Å². The van der Waals surface area contributed by atoms with Gasteiger partial charge in [-0.1, -0.05) is 17.7 Å². The summed E-state index contributed by atoms with van der Waals surface area (Å²) in [7, 11) is 0. The quantitative estimate of drug-likeness (QED) is 0.738. The highest BCUT2D eigenvalue weighted by molar-refractivity contribution is 6.31. The number of ether oxygens (including phenoxy) is 1. The van der Waals surface area contributed by atoms with Crippen molar-refractivity contribution in [1.29, 1.82) is 0 Å². The highest BCUT2D eigenvalue weighted by Crippen LogP contribution is 2.21. The summed E-state index contributed by atoms with van der Waals surface area (Å²) in [4.78, 5) is 14.7. The van der Waals surface area contributed by atoms with Gasteiger partial charge < -0.3 is 20.4 Å². The van der Waals surface area contributed by atoms with E-state index in [1.54, 1.807) is 0 Å². The third kappa shape index (κ3) is 4.93. The summed E-state index contributed by atoms with van der Waals surface area (Å²) in [6, 6.07) is 5.79. The fraction of sp³-hybridized carbons (Fsp3) is 0.438. The van der Waals surface area contributed by atoms with Gasteiger partial charge in [-0.05, 0) is 38.5 Å². The van der Waals surface area contributed by atoms with Gasteiger partial charge in [-0.2, -0.15) is 0 Å². The zero-order chi connectivity index (χ0) is 16.2. The average molecular weight is 324 g/mol. The van der Waals surface area contributed by atoms with Crippen LogP contribution in [0.3, 0.4) is 0 Å². The van der Waals surface area contributed by atoms with Crippen LogP contribution in [0, 0.1) is 0 Å². The van der Waals surface area contributed by atoms with E-state index < -0.39 is 11.7 Å². The van der Waals surface area contributed by atoms with Crippen LogP contribution in [0.25, 0.3) is 10.9 Å². The van der Waals surface area contributed by atoms with Crippen LogP contribution in [0.1, 0.15) is 26.3 Å². The van der Waals surface area contributed by atoms with Gasteiger partial charge in [-0.25, -0.2) is 4.79 Å². The molecule has 1 aromatic carbocycles. The van der Waals surface area contributed by atoms with E-state index in [9.17, 15) is 4.79 Å². The monoisotopic (exact) mass is 323 g/mol. The lowest BCUT2D eigenvalue weighted by Crippen LogP contribution is -2.36. The normalized spacial score (nSPS) is 11.6. The molecule has 0 aliphatic heterocycles. The third-order valence-electron chi connectivity index (χ3n) is 3.01. The van der Waals surface area contributed by atoms with E-state index in [2.05, 4.69) is 15.6 Å². The van der Waals surface area contributed by atoms with Crippen LogP contribution in [-0.4, -0.2) is 29.8 Å². The molecule has 0 radical (unpaired) electrons. The number of carbonyl (C=O) groups excluding carboxylic acids is 1. The lowest BCUT2D eigenvalue weighted by molar-refractivity contribution is 0.0528. The van der Waals surface area contributed by atoms with E-state index in [0.717, 1.165) is 22.5 Å². The zero-order valence-corrected chi connectivity index (χ0v) is 13.9. The number of alkyl carbamates (subject to hydrolysis) is 1. The van der Waals surface area contributed by atoms with Gasteiger partial charge in [0.25, 0.3) is 0 Å². The average Bonchev–Trinajstić information content (AvgIpc) is 2.78. The molecule has 22 heavy (non-hydrogen) atoms. The van der Waals surface area contributed by atoms with Crippen molar-refractivity contribution in [3.8, 4) is 0 Å². The number of halogens is 1. The Bertz CT molecular complexity index is 646.